The average Bonchev–Trinajstić information content (AvgIpc) is 2.28. The lowest BCUT2D eigenvalue weighted by Gasteiger charge is -2.15. The van der Waals surface area contributed by atoms with E-state index in [1.54, 1.807) is 0 Å². The Morgan fingerprint density at radius 3 is 2.00 bits per heavy atom. The van der Waals surface area contributed by atoms with Gasteiger partial charge < -0.3 is 0 Å². The molecule has 98 valence electrons. The molecule has 0 aromatic rings. The van der Waals surface area contributed by atoms with E-state index in [0.29, 0.717) is 6.42 Å². The quantitative estimate of drug-likeness (QED) is 0.522. The Balaban J connectivity index is 2.60. The molecule has 0 aliphatic heterocycles. The SMILES string of the molecule is CC1CCCCCCCCCC([N+](=O)[O-])C1=O. The first kappa shape index (κ1) is 14.1. The molecular weight excluding hydrogens is 218 g/mol. The second-order valence-corrected chi connectivity index (χ2v) is 5.16. The van der Waals surface area contributed by atoms with Crippen LogP contribution in [0.4, 0.5) is 0 Å². The van der Waals surface area contributed by atoms with Crippen molar-refractivity contribution < 1.29 is 9.72 Å². The summed E-state index contributed by atoms with van der Waals surface area (Å²) in [6, 6.07) is -0.954. The fourth-order valence-electron chi connectivity index (χ4n) is 2.49. The Morgan fingerprint density at radius 2 is 1.47 bits per heavy atom. The van der Waals surface area contributed by atoms with Gasteiger partial charge >= 0.3 is 0 Å². The van der Waals surface area contributed by atoms with Gasteiger partial charge in [-0.05, 0) is 12.8 Å². The number of hydrogen-bond donors (Lipinski definition) is 0. The number of rotatable bonds is 1. The summed E-state index contributed by atoms with van der Waals surface area (Å²) in [5, 5.41) is 10.9. The summed E-state index contributed by atoms with van der Waals surface area (Å²) in [5.74, 6) is -0.305. The highest BCUT2D eigenvalue weighted by Crippen LogP contribution is 2.19. The fraction of sp³-hybridized carbons (Fsp3) is 0.923. The number of hydrogen-bond acceptors (Lipinski definition) is 3. The number of ketones is 1. The summed E-state index contributed by atoms with van der Waals surface area (Å²) >= 11 is 0. The predicted octanol–water partition coefficient (Wildman–Crippen LogP) is 3.36. The molecule has 0 saturated heterocycles. The Kier molecular flexibility index (Phi) is 6.16. The van der Waals surface area contributed by atoms with Gasteiger partial charge in [0.1, 0.15) is 0 Å². The van der Waals surface area contributed by atoms with Gasteiger partial charge in [0.25, 0.3) is 6.04 Å². The Morgan fingerprint density at radius 1 is 1.00 bits per heavy atom. The second kappa shape index (κ2) is 7.41. The lowest BCUT2D eigenvalue weighted by molar-refractivity contribution is -0.508. The van der Waals surface area contributed by atoms with Crippen LogP contribution in [0.25, 0.3) is 0 Å². The van der Waals surface area contributed by atoms with E-state index in [0.717, 1.165) is 38.5 Å². The molecule has 4 heteroatoms. The topological polar surface area (TPSA) is 60.2 Å². The van der Waals surface area contributed by atoms with Crippen LogP contribution in [0, 0.1) is 16.0 Å². The van der Waals surface area contributed by atoms with Crippen LogP contribution in [-0.2, 0) is 4.79 Å². The highest BCUT2D eigenvalue weighted by Gasteiger charge is 2.32. The molecule has 1 fully saturated rings. The van der Waals surface area contributed by atoms with Crippen molar-refractivity contribution in [2.24, 2.45) is 5.92 Å². The largest absolute Gasteiger partial charge is 0.292 e. The Bertz CT molecular complexity index is 265. The molecule has 17 heavy (non-hydrogen) atoms. The normalized spacial score (nSPS) is 29.1. The van der Waals surface area contributed by atoms with E-state index in [2.05, 4.69) is 0 Å². The summed E-state index contributed by atoms with van der Waals surface area (Å²) in [6.07, 6.45) is 8.85. The predicted molar refractivity (Wildman–Crippen MR) is 66.5 cm³/mol. The van der Waals surface area contributed by atoms with Crippen molar-refractivity contribution >= 4 is 5.78 Å². The first-order chi connectivity index (χ1) is 8.13. The highest BCUT2D eigenvalue weighted by atomic mass is 16.6. The van der Waals surface area contributed by atoms with Crippen molar-refractivity contribution in [3.05, 3.63) is 10.1 Å². The molecule has 0 aromatic heterocycles. The van der Waals surface area contributed by atoms with Crippen molar-refractivity contribution in [1.29, 1.82) is 0 Å². The molecule has 1 aliphatic carbocycles. The number of carbonyl (C=O) groups excluding carboxylic acids is 1. The van der Waals surface area contributed by atoms with Crippen LogP contribution < -0.4 is 0 Å². The summed E-state index contributed by atoms with van der Waals surface area (Å²) in [6.45, 7) is 1.84. The van der Waals surface area contributed by atoms with E-state index in [1.165, 1.54) is 12.8 Å². The van der Waals surface area contributed by atoms with Crippen LogP contribution in [0.2, 0.25) is 0 Å². The zero-order valence-electron chi connectivity index (χ0n) is 10.7. The first-order valence-corrected chi connectivity index (χ1v) is 6.80. The fourth-order valence-corrected chi connectivity index (χ4v) is 2.49. The molecule has 0 heterocycles. The van der Waals surface area contributed by atoms with E-state index >= 15 is 0 Å². The van der Waals surface area contributed by atoms with Crippen LogP contribution in [0.3, 0.4) is 0 Å². The molecule has 0 aromatic carbocycles. The van der Waals surface area contributed by atoms with E-state index in [4.69, 9.17) is 0 Å². The molecule has 1 aliphatic rings. The van der Waals surface area contributed by atoms with Crippen molar-refractivity contribution in [1.82, 2.24) is 0 Å². The van der Waals surface area contributed by atoms with Crippen LogP contribution in [0.1, 0.15) is 64.7 Å². The van der Waals surface area contributed by atoms with Crippen LogP contribution in [-0.4, -0.2) is 16.7 Å². The monoisotopic (exact) mass is 241 g/mol. The van der Waals surface area contributed by atoms with Gasteiger partial charge in [-0.15, -0.1) is 0 Å². The third kappa shape index (κ3) is 4.84. The maximum atomic E-state index is 12.0. The second-order valence-electron chi connectivity index (χ2n) is 5.16. The van der Waals surface area contributed by atoms with E-state index in [1.807, 2.05) is 6.92 Å². The standard InChI is InChI=1S/C13H23NO3/c1-11-9-7-5-3-2-4-6-8-10-12(13(11)15)14(16)17/h11-12H,2-10H2,1H3. The van der Waals surface area contributed by atoms with Gasteiger partial charge in [-0.3, -0.25) is 14.9 Å². The van der Waals surface area contributed by atoms with Crippen LogP contribution in [0.15, 0.2) is 0 Å². The molecule has 0 bridgehead atoms. The number of nitro groups is 1. The first-order valence-electron chi connectivity index (χ1n) is 6.80. The zero-order valence-corrected chi connectivity index (χ0v) is 10.7. The van der Waals surface area contributed by atoms with Crippen LogP contribution >= 0.6 is 0 Å². The van der Waals surface area contributed by atoms with Gasteiger partial charge in [0, 0.05) is 17.3 Å². The number of carbonyl (C=O) groups is 1. The summed E-state index contributed by atoms with van der Waals surface area (Å²) in [5.41, 5.74) is 0. The maximum Gasteiger partial charge on any atom is 0.270 e. The van der Waals surface area contributed by atoms with E-state index in [-0.39, 0.29) is 16.6 Å². The summed E-state index contributed by atoms with van der Waals surface area (Å²) < 4.78 is 0. The molecular formula is C13H23NO3. The Labute approximate surface area is 103 Å². The van der Waals surface area contributed by atoms with E-state index < -0.39 is 6.04 Å². The maximum absolute atomic E-state index is 12.0. The third-order valence-electron chi connectivity index (χ3n) is 3.68. The van der Waals surface area contributed by atoms with Crippen molar-refractivity contribution in [3.8, 4) is 0 Å². The molecule has 0 N–H and O–H groups in total. The molecule has 0 spiro atoms. The molecule has 0 amide bonds. The molecule has 4 nitrogen and oxygen atoms in total. The minimum absolute atomic E-state index is 0.148. The molecule has 0 radical (unpaired) electrons. The van der Waals surface area contributed by atoms with E-state index in [9.17, 15) is 14.9 Å². The van der Waals surface area contributed by atoms with Crippen molar-refractivity contribution in [2.45, 2.75) is 70.8 Å². The van der Waals surface area contributed by atoms with Crippen molar-refractivity contribution in [2.75, 3.05) is 0 Å². The molecule has 2 atom stereocenters. The van der Waals surface area contributed by atoms with Gasteiger partial charge in [-0.25, -0.2) is 0 Å². The lowest BCUT2D eigenvalue weighted by atomic mass is 9.90. The molecule has 2 unspecified atom stereocenters. The van der Waals surface area contributed by atoms with Gasteiger partial charge in [0.05, 0.1) is 0 Å². The lowest BCUT2D eigenvalue weighted by Crippen LogP contribution is -2.33. The number of Topliss-reactive ketones (excluding diaryl/α,β-unsaturated/α-hetero) is 1. The highest BCUT2D eigenvalue weighted by molar-refractivity contribution is 5.84. The molecule has 1 saturated carbocycles. The zero-order chi connectivity index (χ0) is 12.7. The third-order valence-corrected chi connectivity index (χ3v) is 3.68. The van der Waals surface area contributed by atoms with Crippen molar-refractivity contribution in [3.63, 3.8) is 0 Å². The van der Waals surface area contributed by atoms with Crippen LogP contribution in [0.5, 0.6) is 0 Å². The smallest absolute Gasteiger partial charge is 0.270 e. The van der Waals surface area contributed by atoms with Gasteiger partial charge in [-0.2, -0.15) is 0 Å². The minimum atomic E-state index is -0.954. The van der Waals surface area contributed by atoms with Gasteiger partial charge in [-0.1, -0.05) is 45.4 Å². The summed E-state index contributed by atoms with van der Waals surface area (Å²) in [7, 11) is 0. The molecule has 1 rings (SSSR count). The average molecular weight is 241 g/mol. The van der Waals surface area contributed by atoms with Gasteiger partial charge in [0.15, 0.2) is 0 Å². The Hall–Kier alpha value is -0.930. The number of nitrogens with zero attached hydrogens (tertiary/aromatic N) is 1. The summed E-state index contributed by atoms with van der Waals surface area (Å²) in [4.78, 5) is 22.5. The minimum Gasteiger partial charge on any atom is -0.292 e. The van der Waals surface area contributed by atoms with Gasteiger partial charge in [0.2, 0.25) is 5.78 Å².